The number of hydrogen-bond donors (Lipinski definition) is 2. The number of halogens is 2. The number of para-hydroxylation sites is 2. The molecule has 0 aromatic heterocycles. The fourth-order valence-electron chi connectivity index (χ4n) is 3.82. The molecule has 0 bridgehead atoms. The maximum absolute atomic E-state index is 12.6. The molecule has 0 spiro atoms. The Morgan fingerprint density at radius 1 is 1.27 bits per heavy atom. The van der Waals surface area contributed by atoms with Gasteiger partial charge in [-0.3, -0.25) is 4.79 Å². The van der Waals surface area contributed by atoms with Crippen LogP contribution in [0.15, 0.2) is 24.3 Å². The monoisotopic (exact) mass is 367 g/mol. The van der Waals surface area contributed by atoms with E-state index in [-0.39, 0.29) is 17.7 Å². The third-order valence-electron chi connectivity index (χ3n) is 5.21. The van der Waals surface area contributed by atoms with Crippen molar-refractivity contribution in [2.24, 2.45) is 5.92 Å². The van der Waals surface area contributed by atoms with Gasteiger partial charge >= 0.3 is 6.61 Å². The van der Waals surface area contributed by atoms with Crippen LogP contribution in [0.5, 0.6) is 5.75 Å². The van der Waals surface area contributed by atoms with E-state index < -0.39 is 6.61 Å². The largest absolute Gasteiger partial charge is 0.433 e. The van der Waals surface area contributed by atoms with Crippen LogP contribution >= 0.6 is 0 Å². The van der Waals surface area contributed by atoms with E-state index in [4.69, 9.17) is 0 Å². The van der Waals surface area contributed by atoms with Crippen molar-refractivity contribution in [1.82, 2.24) is 10.6 Å². The smallest absolute Gasteiger partial charge is 0.387 e. The highest BCUT2D eigenvalue weighted by atomic mass is 19.3. The van der Waals surface area contributed by atoms with Gasteiger partial charge in [0.1, 0.15) is 5.75 Å². The molecule has 1 atom stereocenters. The summed E-state index contributed by atoms with van der Waals surface area (Å²) in [6.07, 6.45) is 4.60. The summed E-state index contributed by atoms with van der Waals surface area (Å²) in [5.74, 6) is 0.910. The zero-order chi connectivity index (χ0) is 18.4. The highest BCUT2D eigenvalue weighted by molar-refractivity contribution is 5.76. The summed E-state index contributed by atoms with van der Waals surface area (Å²) in [5, 5.41) is 6.43. The number of nitrogens with zero attached hydrogens (tertiary/aromatic N) is 1. The van der Waals surface area contributed by atoms with E-state index in [1.54, 1.807) is 24.3 Å². The summed E-state index contributed by atoms with van der Waals surface area (Å²) >= 11 is 0. The van der Waals surface area contributed by atoms with Crippen molar-refractivity contribution in [3.05, 3.63) is 24.3 Å². The van der Waals surface area contributed by atoms with E-state index in [1.165, 1.54) is 0 Å². The number of carbonyl (C=O) groups is 1. The van der Waals surface area contributed by atoms with E-state index >= 15 is 0 Å². The van der Waals surface area contributed by atoms with Crippen LogP contribution in [0.3, 0.4) is 0 Å². The number of carbonyl (C=O) groups excluding carboxylic acids is 1. The summed E-state index contributed by atoms with van der Waals surface area (Å²) in [7, 11) is 0. The molecule has 1 amide bonds. The molecule has 0 saturated carbocycles. The van der Waals surface area contributed by atoms with Crippen LogP contribution in [0.4, 0.5) is 14.5 Å². The van der Waals surface area contributed by atoms with Gasteiger partial charge in [0.05, 0.1) is 5.69 Å². The van der Waals surface area contributed by atoms with Crippen LogP contribution in [0, 0.1) is 5.92 Å². The van der Waals surface area contributed by atoms with Gasteiger partial charge in [-0.15, -0.1) is 0 Å². The Hall–Kier alpha value is -1.89. The number of nitrogens with one attached hydrogen (secondary N) is 2. The summed E-state index contributed by atoms with van der Waals surface area (Å²) in [6, 6.07) is 6.86. The van der Waals surface area contributed by atoms with Crippen molar-refractivity contribution in [2.75, 3.05) is 31.1 Å². The molecule has 3 rings (SSSR count). The quantitative estimate of drug-likeness (QED) is 0.778. The number of rotatable bonds is 7. The summed E-state index contributed by atoms with van der Waals surface area (Å²) in [6.45, 7) is 0.573. The lowest BCUT2D eigenvalue weighted by Gasteiger charge is -2.23. The van der Waals surface area contributed by atoms with Gasteiger partial charge in [-0.1, -0.05) is 12.1 Å². The van der Waals surface area contributed by atoms with Crippen molar-refractivity contribution in [3.8, 4) is 5.75 Å². The molecule has 1 aromatic rings. The van der Waals surface area contributed by atoms with E-state index in [1.807, 2.05) is 4.90 Å². The molecule has 2 aliphatic rings. The topological polar surface area (TPSA) is 53.6 Å². The van der Waals surface area contributed by atoms with Crippen LogP contribution in [0.2, 0.25) is 0 Å². The number of amides is 1. The van der Waals surface area contributed by atoms with Crippen LogP contribution < -0.4 is 20.3 Å². The van der Waals surface area contributed by atoms with E-state index in [9.17, 15) is 13.6 Å². The summed E-state index contributed by atoms with van der Waals surface area (Å²) in [4.78, 5) is 14.2. The Balaban J connectivity index is 1.47. The minimum atomic E-state index is -2.84. The van der Waals surface area contributed by atoms with Gasteiger partial charge < -0.3 is 20.3 Å². The first kappa shape index (κ1) is 18.9. The van der Waals surface area contributed by atoms with Gasteiger partial charge in [0.2, 0.25) is 5.91 Å². The van der Waals surface area contributed by atoms with Crippen LogP contribution in [-0.4, -0.2) is 44.7 Å². The lowest BCUT2D eigenvalue weighted by Crippen LogP contribution is -2.37. The Labute approximate surface area is 153 Å². The minimum absolute atomic E-state index is 0.0510. The molecule has 144 valence electrons. The number of hydrogen-bond acceptors (Lipinski definition) is 4. The van der Waals surface area contributed by atoms with Crippen molar-refractivity contribution in [2.45, 2.75) is 44.8 Å². The molecule has 2 aliphatic heterocycles. The zero-order valence-electron chi connectivity index (χ0n) is 14.9. The molecule has 7 heteroatoms. The SMILES string of the molecule is O=C(CCC1CCNCC1)NC1CCN(c2ccccc2OC(F)F)C1. The number of ether oxygens (including phenoxy) is 1. The fourth-order valence-corrected chi connectivity index (χ4v) is 3.82. The van der Waals surface area contributed by atoms with Crippen molar-refractivity contribution in [1.29, 1.82) is 0 Å². The number of benzene rings is 1. The van der Waals surface area contributed by atoms with Crippen molar-refractivity contribution >= 4 is 11.6 Å². The normalized spacial score (nSPS) is 21.2. The van der Waals surface area contributed by atoms with Gasteiger partial charge in [0.25, 0.3) is 0 Å². The lowest BCUT2D eigenvalue weighted by molar-refractivity contribution is -0.122. The standard InChI is InChI=1S/C19H27F2N3O2/c20-19(21)26-17-4-2-1-3-16(17)24-12-9-15(13-24)23-18(25)6-5-14-7-10-22-11-8-14/h1-4,14-15,19,22H,5-13H2,(H,23,25). The first-order valence-electron chi connectivity index (χ1n) is 9.40. The molecule has 1 unspecified atom stereocenters. The van der Waals surface area contributed by atoms with E-state index in [0.29, 0.717) is 31.1 Å². The minimum Gasteiger partial charge on any atom is -0.433 e. The molecule has 5 nitrogen and oxygen atoms in total. The fraction of sp³-hybridized carbons (Fsp3) is 0.632. The zero-order valence-corrected chi connectivity index (χ0v) is 14.9. The van der Waals surface area contributed by atoms with Gasteiger partial charge in [-0.2, -0.15) is 8.78 Å². The average molecular weight is 367 g/mol. The molecule has 2 saturated heterocycles. The second-order valence-electron chi connectivity index (χ2n) is 7.08. The van der Waals surface area contributed by atoms with Gasteiger partial charge in [-0.05, 0) is 56.8 Å². The first-order chi connectivity index (χ1) is 12.6. The third kappa shape index (κ3) is 5.30. The Morgan fingerprint density at radius 2 is 2.04 bits per heavy atom. The molecular formula is C19H27F2N3O2. The van der Waals surface area contributed by atoms with Gasteiger partial charge in [-0.25, -0.2) is 0 Å². The first-order valence-corrected chi connectivity index (χ1v) is 9.40. The lowest BCUT2D eigenvalue weighted by atomic mass is 9.93. The molecule has 0 aliphatic carbocycles. The highest BCUT2D eigenvalue weighted by Gasteiger charge is 2.26. The van der Waals surface area contributed by atoms with Crippen LogP contribution in [0.1, 0.15) is 32.1 Å². The molecule has 0 radical (unpaired) electrons. The maximum atomic E-state index is 12.6. The average Bonchev–Trinajstić information content (AvgIpc) is 3.09. The van der Waals surface area contributed by atoms with Crippen LogP contribution in [-0.2, 0) is 4.79 Å². The molecule has 1 aromatic carbocycles. The predicted molar refractivity (Wildman–Crippen MR) is 96.7 cm³/mol. The molecular weight excluding hydrogens is 340 g/mol. The Bertz CT molecular complexity index is 594. The maximum Gasteiger partial charge on any atom is 0.387 e. The summed E-state index contributed by atoms with van der Waals surface area (Å²) in [5.41, 5.74) is 0.652. The van der Waals surface area contributed by atoms with Crippen LogP contribution in [0.25, 0.3) is 0 Å². The van der Waals surface area contributed by atoms with Crippen molar-refractivity contribution < 1.29 is 18.3 Å². The molecule has 26 heavy (non-hydrogen) atoms. The Kier molecular flexibility index (Phi) is 6.66. The number of piperidine rings is 1. The number of anilines is 1. The van der Waals surface area contributed by atoms with Gasteiger partial charge in [0.15, 0.2) is 0 Å². The molecule has 2 heterocycles. The second kappa shape index (κ2) is 9.16. The van der Waals surface area contributed by atoms with Gasteiger partial charge in [0, 0.05) is 25.6 Å². The number of alkyl halides is 2. The van der Waals surface area contributed by atoms with Crippen molar-refractivity contribution in [3.63, 3.8) is 0 Å². The third-order valence-corrected chi connectivity index (χ3v) is 5.21. The molecule has 2 N–H and O–H groups in total. The molecule has 2 fully saturated rings. The Morgan fingerprint density at radius 3 is 2.81 bits per heavy atom. The van der Waals surface area contributed by atoms with E-state index in [2.05, 4.69) is 15.4 Å². The predicted octanol–water partition coefficient (Wildman–Crippen LogP) is 2.76. The summed E-state index contributed by atoms with van der Waals surface area (Å²) < 4.78 is 29.8. The second-order valence-corrected chi connectivity index (χ2v) is 7.08. The van der Waals surface area contributed by atoms with E-state index in [0.717, 1.165) is 38.8 Å². The highest BCUT2D eigenvalue weighted by Crippen LogP contribution is 2.31.